The normalized spacial score (nSPS) is 36.6. The van der Waals surface area contributed by atoms with Gasteiger partial charge in [-0.15, -0.1) is 0 Å². The number of anilines is 2. The van der Waals surface area contributed by atoms with Gasteiger partial charge in [0, 0.05) is 18.5 Å². The van der Waals surface area contributed by atoms with E-state index in [4.69, 9.17) is 9.72 Å². The first-order valence-corrected chi connectivity index (χ1v) is 13.3. The van der Waals surface area contributed by atoms with Crippen LogP contribution in [0.15, 0.2) is 30.5 Å². The number of pyridine rings is 1. The van der Waals surface area contributed by atoms with Crippen LogP contribution < -0.4 is 5.32 Å². The molecule has 0 radical (unpaired) electrons. The van der Waals surface area contributed by atoms with Crippen molar-refractivity contribution >= 4 is 33.8 Å². The monoisotopic (exact) mass is 463 g/mol. The highest BCUT2D eigenvalue weighted by Crippen LogP contribution is 2.66. The molecule has 6 heteroatoms. The van der Waals surface area contributed by atoms with Crippen LogP contribution in [-0.4, -0.2) is 22.0 Å². The molecule has 4 aliphatic carbocycles. The molecule has 0 unspecified atom stereocenters. The maximum Gasteiger partial charge on any atom is 0.302 e. The summed E-state index contributed by atoms with van der Waals surface area (Å²) < 4.78 is 5.82. The Hall–Kier alpha value is -2.21. The highest BCUT2D eigenvalue weighted by Gasteiger charge is 2.59. The number of aryl methyl sites for hydroxylation is 1. The van der Waals surface area contributed by atoms with E-state index in [1.165, 1.54) is 41.8 Å². The van der Waals surface area contributed by atoms with E-state index in [1.54, 1.807) is 18.3 Å². The molecular formula is C27H33N3O2S. The summed E-state index contributed by atoms with van der Waals surface area (Å²) in [6.45, 7) is 6.48. The Balaban J connectivity index is 1.30. The summed E-state index contributed by atoms with van der Waals surface area (Å²) >= 11 is 1.79. The third-order valence-electron chi connectivity index (χ3n) is 9.41. The van der Waals surface area contributed by atoms with Crippen molar-refractivity contribution in [2.24, 2.45) is 28.6 Å². The lowest BCUT2D eigenvalue weighted by molar-refractivity contribution is -0.156. The molecule has 2 aromatic rings. The van der Waals surface area contributed by atoms with Crippen LogP contribution in [-0.2, 0) is 16.0 Å². The van der Waals surface area contributed by atoms with Crippen molar-refractivity contribution in [2.75, 3.05) is 5.32 Å². The summed E-state index contributed by atoms with van der Waals surface area (Å²) in [4.78, 5) is 22.5. The fourth-order valence-electron chi connectivity index (χ4n) is 7.82. The summed E-state index contributed by atoms with van der Waals surface area (Å²) in [5, 5.41) is 4.36. The van der Waals surface area contributed by atoms with Crippen LogP contribution in [0.25, 0.3) is 5.57 Å². The molecule has 0 saturated heterocycles. The summed E-state index contributed by atoms with van der Waals surface area (Å²) in [5.41, 5.74) is 3.14. The molecule has 0 aromatic carbocycles. The van der Waals surface area contributed by atoms with E-state index in [2.05, 4.69) is 30.2 Å². The predicted molar refractivity (Wildman–Crippen MR) is 131 cm³/mol. The van der Waals surface area contributed by atoms with Crippen molar-refractivity contribution in [2.45, 2.75) is 71.8 Å². The van der Waals surface area contributed by atoms with Gasteiger partial charge in [0.1, 0.15) is 11.9 Å². The Morgan fingerprint density at radius 2 is 2.06 bits per heavy atom. The average Bonchev–Trinajstić information content (AvgIpc) is 3.34. The van der Waals surface area contributed by atoms with Gasteiger partial charge in [0.05, 0.1) is 10.6 Å². The first-order chi connectivity index (χ1) is 15.9. The molecule has 174 valence electrons. The van der Waals surface area contributed by atoms with Gasteiger partial charge in [-0.05, 0) is 85.8 Å². The number of esters is 1. The topological polar surface area (TPSA) is 64.1 Å². The average molecular weight is 464 g/mol. The highest BCUT2D eigenvalue weighted by molar-refractivity contribution is 7.16. The molecule has 6 rings (SSSR count). The number of ether oxygens (including phenoxy) is 1. The van der Waals surface area contributed by atoms with Crippen molar-refractivity contribution in [3.8, 4) is 0 Å². The summed E-state index contributed by atoms with van der Waals surface area (Å²) in [5.74, 6) is 2.77. The maximum atomic E-state index is 11.7. The maximum absolute atomic E-state index is 11.7. The van der Waals surface area contributed by atoms with Gasteiger partial charge >= 0.3 is 5.97 Å². The summed E-state index contributed by atoms with van der Waals surface area (Å²) in [6, 6.07) is 5.91. The highest BCUT2D eigenvalue weighted by atomic mass is 32.1. The van der Waals surface area contributed by atoms with Crippen LogP contribution >= 0.6 is 11.3 Å². The molecule has 1 N–H and O–H groups in total. The smallest absolute Gasteiger partial charge is 0.302 e. The van der Waals surface area contributed by atoms with Gasteiger partial charge in [0.15, 0.2) is 5.13 Å². The molecule has 5 nitrogen and oxygen atoms in total. The van der Waals surface area contributed by atoms with Crippen LogP contribution in [0.2, 0.25) is 0 Å². The molecule has 0 bridgehead atoms. The number of nitrogens with one attached hydrogen (secondary N) is 1. The van der Waals surface area contributed by atoms with E-state index in [-0.39, 0.29) is 22.9 Å². The number of carbonyl (C=O) groups excluding carboxylic acids is 1. The number of thiazole rings is 1. The van der Waals surface area contributed by atoms with Crippen LogP contribution in [0.3, 0.4) is 0 Å². The Labute approximate surface area is 200 Å². The Morgan fingerprint density at radius 1 is 1.18 bits per heavy atom. The predicted octanol–water partition coefficient (Wildman–Crippen LogP) is 6.40. The molecule has 0 aliphatic heterocycles. The number of rotatable bonds is 3. The number of allylic oxidation sites excluding steroid dienone is 2. The minimum Gasteiger partial charge on any atom is -0.462 e. The van der Waals surface area contributed by atoms with Crippen LogP contribution in [0.4, 0.5) is 10.9 Å². The number of carbonyl (C=O) groups is 1. The second kappa shape index (κ2) is 7.66. The first kappa shape index (κ1) is 21.3. The zero-order chi connectivity index (χ0) is 22.8. The molecular weight excluding hydrogens is 430 g/mol. The number of hydrogen-bond donors (Lipinski definition) is 1. The fraction of sp³-hybridized carbons (Fsp3) is 0.593. The lowest BCUT2D eigenvalue weighted by Crippen LogP contribution is -2.50. The minimum absolute atomic E-state index is 0.0961. The molecule has 2 aromatic heterocycles. The Bertz CT molecular complexity index is 1110. The van der Waals surface area contributed by atoms with Gasteiger partial charge in [-0.1, -0.05) is 37.3 Å². The molecule has 4 aliphatic rings. The summed E-state index contributed by atoms with van der Waals surface area (Å²) in [7, 11) is 0. The van der Waals surface area contributed by atoms with Crippen molar-refractivity contribution in [1.29, 1.82) is 0 Å². The molecule has 33 heavy (non-hydrogen) atoms. The minimum atomic E-state index is -0.123. The number of aromatic nitrogens is 2. The zero-order valence-corrected chi connectivity index (χ0v) is 20.6. The van der Waals surface area contributed by atoms with E-state index in [1.807, 2.05) is 24.4 Å². The van der Waals surface area contributed by atoms with Gasteiger partial charge in [0.2, 0.25) is 0 Å². The first-order valence-electron chi connectivity index (χ1n) is 12.4. The van der Waals surface area contributed by atoms with Gasteiger partial charge in [-0.25, -0.2) is 9.97 Å². The van der Waals surface area contributed by atoms with E-state index in [9.17, 15) is 4.79 Å². The van der Waals surface area contributed by atoms with Gasteiger partial charge < -0.3 is 10.1 Å². The second-order valence-electron chi connectivity index (χ2n) is 11.0. The molecule has 2 saturated carbocycles. The SMILES string of the molecule is CC(=O)O[C@H]1CC[C@H]2[C@@H]3CC=C4c5sc(Nc6ccccn6)nc5CC[C@]4(C)[C@H]3CC[C@]12C. The Morgan fingerprint density at radius 3 is 2.85 bits per heavy atom. The largest absolute Gasteiger partial charge is 0.462 e. The van der Waals surface area contributed by atoms with Crippen LogP contribution in [0, 0.1) is 28.6 Å². The van der Waals surface area contributed by atoms with E-state index < -0.39 is 0 Å². The van der Waals surface area contributed by atoms with E-state index in [0.29, 0.717) is 17.8 Å². The lowest BCUT2D eigenvalue weighted by Gasteiger charge is -2.56. The van der Waals surface area contributed by atoms with E-state index in [0.717, 1.165) is 30.2 Å². The van der Waals surface area contributed by atoms with E-state index >= 15 is 0 Å². The Kier molecular flexibility index (Phi) is 4.95. The lowest BCUT2D eigenvalue weighted by atomic mass is 9.48. The number of fused-ring (bicyclic) bond motifs is 7. The zero-order valence-electron chi connectivity index (χ0n) is 19.8. The van der Waals surface area contributed by atoms with Gasteiger partial charge in [0.25, 0.3) is 0 Å². The molecule has 2 heterocycles. The van der Waals surface area contributed by atoms with Crippen molar-refractivity contribution in [3.05, 3.63) is 41.0 Å². The van der Waals surface area contributed by atoms with Crippen molar-refractivity contribution in [3.63, 3.8) is 0 Å². The quantitative estimate of drug-likeness (QED) is 0.534. The van der Waals surface area contributed by atoms with Crippen LogP contribution in [0.5, 0.6) is 0 Å². The van der Waals surface area contributed by atoms with Gasteiger partial charge in [-0.3, -0.25) is 4.79 Å². The molecule has 6 atom stereocenters. The molecule has 0 amide bonds. The third-order valence-corrected chi connectivity index (χ3v) is 10.5. The number of hydrogen-bond acceptors (Lipinski definition) is 6. The van der Waals surface area contributed by atoms with Crippen molar-refractivity contribution < 1.29 is 9.53 Å². The molecule has 2 fully saturated rings. The standard InChI is InChI=1S/C27H33N3O2S/c1-16(31)32-22-10-9-18-17-7-8-20-24-21(29-25(33-24)30-23-6-4-5-15-28-23)12-14-26(20,2)19(17)11-13-27(18,22)3/h4-6,8,15,17-19,22H,7,9-14H2,1-3H3,(H,28,29,30)/t17-,18-,19-,22-,26+,27-/m0/s1. The third kappa shape index (κ3) is 3.28. The summed E-state index contributed by atoms with van der Waals surface area (Å²) in [6.07, 6.45) is 12.4. The van der Waals surface area contributed by atoms with Crippen molar-refractivity contribution in [1.82, 2.24) is 9.97 Å². The number of nitrogens with zero attached hydrogens (tertiary/aromatic N) is 2. The van der Waals surface area contributed by atoms with Gasteiger partial charge in [-0.2, -0.15) is 0 Å². The molecule has 0 spiro atoms. The fourth-order valence-corrected chi connectivity index (χ4v) is 9.02. The van der Waals surface area contributed by atoms with Crippen LogP contribution in [0.1, 0.15) is 69.9 Å². The second-order valence-corrected chi connectivity index (χ2v) is 12.0.